The van der Waals surface area contributed by atoms with Gasteiger partial charge in [0.1, 0.15) is 0 Å². The van der Waals surface area contributed by atoms with Crippen molar-refractivity contribution in [2.24, 2.45) is 7.05 Å². The average molecular weight is 257 g/mol. The average Bonchev–Trinajstić information content (AvgIpc) is 2.64. The Morgan fingerprint density at radius 2 is 2.29 bits per heavy atom. The van der Waals surface area contributed by atoms with Crippen LogP contribution in [0.5, 0.6) is 0 Å². The third kappa shape index (κ3) is 5.00. The molecule has 0 saturated heterocycles. The van der Waals surface area contributed by atoms with E-state index in [0.717, 1.165) is 30.8 Å². The molecular formula is C12H23N3OS. The van der Waals surface area contributed by atoms with E-state index in [1.807, 2.05) is 11.7 Å². The van der Waals surface area contributed by atoms with Crippen LogP contribution in [0.1, 0.15) is 31.5 Å². The first kappa shape index (κ1) is 14.4. The van der Waals surface area contributed by atoms with E-state index in [0.29, 0.717) is 6.04 Å². The lowest BCUT2D eigenvalue weighted by Crippen LogP contribution is -2.27. The summed E-state index contributed by atoms with van der Waals surface area (Å²) in [7, 11) is 1.26. The molecule has 17 heavy (non-hydrogen) atoms. The summed E-state index contributed by atoms with van der Waals surface area (Å²) in [5, 5.41) is 7.86. The first-order valence-corrected chi connectivity index (χ1v) is 7.80. The zero-order valence-corrected chi connectivity index (χ0v) is 12.0. The Morgan fingerprint density at radius 1 is 1.59 bits per heavy atom. The molecule has 0 spiro atoms. The van der Waals surface area contributed by atoms with Crippen LogP contribution in [0.3, 0.4) is 0 Å². The number of nitrogens with zero attached hydrogens (tertiary/aromatic N) is 2. The summed E-state index contributed by atoms with van der Waals surface area (Å²) in [5.41, 5.74) is 2.42. The molecule has 0 aliphatic heterocycles. The summed E-state index contributed by atoms with van der Waals surface area (Å²) >= 11 is 0. The fourth-order valence-corrected chi connectivity index (χ4v) is 2.44. The molecule has 98 valence electrons. The van der Waals surface area contributed by atoms with Crippen molar-refractivity contribution in [3.8, 4) is 0 Å². The van der Waals surface area contributed by atoms with Crippen LogP contribution in [0.25, 0.3) is 0 Å². The van der Waals surface area contributed by atoms with Crippen LogP contribution in [0.4, 0.5) is 0 Å². The molecule has 0 aliphatic carbocycles. The quantitative estimate of drug-likeness (QED) is 0.799. The molecular weight excluding hydrogens is 234 g/mol. The van der Waals surface area contributed by atoms with Crippen LogP contribution >= 0.6 is 0 Å². The molecule has 0 fully saturated rings. The van der Waals surface area contributed by atoms with Gasteiger partial charge in [-0.1, -0.05) is 6.92 Å². The van der Waals surface area contributed by atoms with Gasteiger partial charge in [-0.3, -0.25) is 8.89 Å². The number of hydrogen-bond acceptors (Lipinski definition) is 3. The molecule has 5 heteroatoms. The number of nitrogens with one attached hydrogen (secondary N) is 1. The largest absolute Gasteiger partial charge is 0.310 e. The van der Waals surface area contributed by atoms with Crippen molar-refractivity contribution in [3.63, 3.8) is 0 Å². The van der Waals surface area contributed by atoms with Gasteiger partial charge in [0, 0.05) is 54.2 Å². The number of aromatic nitrogens is 2. The first-order chi connectivity index (χ1) is 8.02. The van der Waals surface area contributed by atoms with Gasteiger partial charge in [0.15, 0.2) is 0 Å². The fraction of sp³-hybridized carbons (Fsp3) is 0.750. The van der Waals surface area contributed by atoms with E-state index in [-0.39, 0.29) is 0 Å². The van der Waals surface area contributed by atoms with Crippen LogP contribution in [-0.2, 0) is 30.8 Å². The molecule has 1 N–H and O–H groups in total. The molecule has 1 rings (SSSR count). The Kier molecular flexibility index (Phi) is 5.85. The maximum absolute atomic E-state index is 11.0. The van der Waals surface area contributed by atoms with Gasteiger partial charge < -0.3 is 5.32 Å². The van der Waals surface area contributed by atoms with Gasteiger partial charge in [0.2, 0.25) is 0 Å². The molecule has 0 aromatic carbocycles. The minimum atomic E-state index is -0.693. The Labute approximate surface area is 106 Å². The number of aryl methyl sites for hydroxylation is 2. The van der Waals surface area contributed by atoms with Crippen molar-refractivity contribution in [1.29, 1.82) is 0 Å². The number of rotatable bonds is 7. The minimum Gasteiger partial charge on any atom is -0.310 e. The summed E-state index contributed by atoms with van der Waals surface area (Å²) < 4.78 is 12.9. The molecule has 1 heterocycles. The lowest BCUT2D eigenvalue weighted by Gasteiger charge is -2.12. The third-order valence-corrected chi connectivity index (χ3v) is 3.62. The van der Waals surface area contributed by atoms with Gasteiger partial charge in [-0.25, -0.2) is 0 Å². The highest BCUT2D eigenvalue weighted by Crippen LogP contribution is 2.07. The Morgan fingerprint density at radius 3 is 2.88 bits per heavy atom. The molecule has 0 aliphatic rings. The van der Waals surface area contributed by atoms with Crippen LogP contribution in [0.2, 0.25) is 0 Å². The Balaban J connectivity index is 2.41. The molecule has 2 atom stereocenters. The first-order valence-electron chi connectivity index (χ1n) is 6.07. The SMILES string of the molecule is CCc1nn(C)cc1CNC(C)CCS(C)=O. The van der Waals surface area contributed by atoms with E-state index in [1.54, 1.807) is 6.26 Å². The second-order valence-corrected chi connectivity index (χ2v) is 6.03. The molecule has 0 radical (unpaired) electrons. The monoisotopic (exact) mass is 257 g/mol. The normalized spacial score (nSPS) is 14.8. The van der Waals surface area contributed by atoms with Crippen LogP contribution < -0.4 is 5.32 Å². The predicted molar refractivity (Wildman–Crippen MR) is 72.4 cm³/mol. The second kappa shape index (κ2) is 6.91. The Bertz CT molecular complexity index is 376. The lowest BCUT2D eigenvalue weighted by atomic mass is 10.2. The van der Waals surface area contributed by atoms with Crippen molar-refractivity contribution < 1.29 is 4.21 Å². The zero-order valence-electron chi connectivity index (χ0n) is 11.2. The van der Waals surface area contributed by atoms with Gasteiger partial charge in [0.05, 0.1) is 5.69 Å². The maximum atomic E-state index is 11.0. The molecule has 0 bridgehead atoms. The van der Waals surface area contributed by atoms with Crippen LogP contribution in [-0.4, -0.2) is 32.0 Å². The van der Waals surface area contributed by atoms with E-state index in [9.17, 15) is 4.21 Å². The minimum absolute atomic E-state index is 0.392. The van der Waals surface area contributed by atoms with Crippen molar-refractivity contribution in [2.75, 3.05) is 12.0 Å². The molecule has 1 aromatic heterocycles. The summed E-state index contributed by atoms with van der Waals surface area (Å²) in [4.78, 5) is 0. The van der Waals surface area contributed by atoms with E-state index in [1.165, 1.54) is 5.56 Å². The van der Waals surface area contributed by atoms with Crippen LogP contribution in [0.15, 0.2) is 6.20 Å². The molecule has 2 unspecified atom stereocenters. The van der Waals surface area contributed by atoms with Gasteiger partial charge >= 0.3 is 0 Å². The lowest BCUT2D eigenvalue weighted by molar-refractivity contribution is 0.533. The van der Waals surface area contributed by atoms with Crippen molar-refractivity contribution >= 4 is 10.8 Å². The Hall–Kier alpha value is -0.680. The standard InChI is InChI=1S/C12H23N3OS/c1-5-12-11(9-15(3)14-12)8-13-10(2)6-7-17(4)16/h9-10,13H,5-8H2,1-4H3. The number of hydrogen-bond donors (Lipinski definition) is 1. The highest BCUT2D eigenvalue weighted by atomic mass is 32.2. The van der Waals surface area contributed by atoms with E-state index < -0.39 is 10.8 Å². The summed E-state index contributed by atoms with van der Waals surface area (Å²) in [6, 6.07) is 0.392. The zero-order chi connectivity index (χ0) is 12.8. The van der Waals surface area contributed by atoms with Crippen LogP contribution in [0, 0.1) is 0 Å². The maximum Gasteiger partial charge on any atom is 0.0666 e. The molecule has 0 amide bonds. The van der Waals surface area contributed by atoms with E-state index in [2.05, 4.69) is 30.5 Å². The highest BCUT2D eigenvalue weighted by molar-refractivity contribution is 7.84. The van der Waals surface area contributed by atoms with E-state index >= 15 is 0 Å². The van der Waals surface area contributed by atoms with Gasteiger partial charge in [-0.15, -0.1) is 0 Å². The van der Waals surface area contributed by atoms with Gasteiger partial charge in [-0.05, 0) is 19.8 Å². The van der Waals surface area contributed by atoms with Gasteiger partial charge in [0.25, 0.3) is 0 Å². The van der Waals surface area contributed by atoms with Crippen molar-refractivity contribution in [2.45, 2.75) is 39.3 Å². The summed E-state index contributed by atoms with van der Waals surface area (Å²) in [5.74, 6) is 0.766. The smallest absolute Gasteiger partial charge is 0.0666 e. The van der Waals surface area contributed by atoms with Crippen molar-refractivity contribution in [3.05, 3.63) is 17.5 Å². The predicted octanol–water partition coefficient (Wildman–Crippen LogP) is 1.23. The highest BCUT2D eigenvalue weighted by Gasteiger charge is 2.08. The topological polar surface area (TPSA) is 46.9 Å². The fourth-order valence-electron chi connectivity index (χ4n) is 1.76. The third-order valence-electron chi connectivity index (χ3n) is 2.81. The molecule has 0 saturated carbocycles. The van der Waals surface area contributed by atoms with Gasteiger partial charge in [-0.2, -0.15) is 5.10 Å². The van der Waals surface area contributed by atoms with E-state index in [4.69, 9.17) is 0 Å². The second-order valence-electron chi connectivity index (χ2n) is 4.48. The molecule has 4 nitrogen and oxygen atoms in total. The summed E-state index contributed by atoms with van der Waals surface area (Å²) in [6.45, 7) is 5.10. The van der Waals surface area contributed by atoms with Crippen molar-refractivity contribution in [1.82, 2.24) is 15.1 Å². The summed E-state index contributed by atoms with van der Waals surface area (Å²) in [6.07, 6.45) is 5.73. The molecule has 1 aromatic rings.